The molecule has 0 aliphatic carbocycles. The molecule has 0 atom stereocenters. The SMILES string of the molecule is COc1ccc2c(c1)c(=O)c(S(=O)(=O)c1ccc(C)cc1)cn2CC(=O)Nc1ccc(Cl)cc1. The van der Waals surface area contributed by atoms with E-state index in [1.54, 1.807) is 48.5 Å². The second kappa shape index (κ2) is 9.32. The molecule has 1 aromatic heterocycles. The molecule has 174 valence electrons. The topological polar surface area (TPSA) is 94.5 Å². The van der Waals surface area contributed by atoms with Crippen molar-refractivity contribution < 1.29 is 17.9 Å². The summed E-state index contributed by atoms with van der Waals surface area (Å²) < 4.78 is 33.4. The van der Waals surface area contributed by atoms with E-state index in [9.17, 15) is 18.0 Å². The molecule has 1 N–H and O–H groups in total. The number of carbonyl (C=O) groups is 1. The number of fused-ring (bicyclic) bond motifs is 1. The van der Waals surface area contributed by atoms with Gasteiger partial charge in [-0.25, -0.2) is 8.42 Å². The van der Waals surface area contributed by atoms with Crippen molar-refractivity contribution >= 4 is 43.9 Å². The van der Waals surface area contributed by atoms with Gasteiger partial charge < -0.3 is 14.6 Å². The van der Waals surface area contributed by atoms with Crippen LogP contribution in [0.3, 0.4) is 0 Å². The van der Waals surface area contributed by atoms with Crippen molar-refractivity contribution in [2.75, 3.05) is 12.4 Å². The van der Waals surface area contributed by atoms with Gasteiger partial charge in [0.15, 0.2) is 0 Å². The van der Waals surface area contributed by atoms with Gasteiger partial charge in [0.25, 0.3) is 0 Å². The van der Waals surface area contributed by atoms with E-state index >= 15 is 0 Å². The fourth-order valence-electron chi connectivity index (χ4n) is 3.53. The molecule has 7 nitrogen and oxygen atoms in total. The van der Waals surface area contributed by atoms with Gasteiger partial charge in [-0.15, -0.1) is 0 Å². The second-order valence-corrected chi connectivity index (χ2v) is 10.1. The van der Waals surface area contributed by atoms with Gasteiger partial charge in [0, 0.05) is 16.9 Å². The molecule has 0 saturated carbocycles. The first kappa shape index (κ1) is 23.5. The molecule has 0 fully saturated rings. The van der Waals surface area contributed by atoms with Gasteiger partial charge >= 0.3 is 0 Å². The van der Waals surface area contributed by atoms with Crippen LogP contribution in [0.25, 0.3) is 10.9 Å². The van der Waals surface area contributed by atoms with Gasteiger partial charge in [0.2, 0.25) is 21.2 Å². The van der Waals surface area contributed by atoms with Gasteiger partial charge in [-0.2, -0.15) is 0 Å². The standard InChI is InChI=1S/C25H21ClN2O5S/c1-16-3-10-20(11-4-16)34(31,32)23-14-28(15-24(29)27-18-7-5-17(26)6-8-18)22-12-9-19(33-2)13-21(22)25(23)30/h3-14H,15H2,1-2H3,(H,27,29). The smallest absolute Gasteiger partial charge is 0.244 e. The number of carbonyl (C=O) groups excluding carboxylic acids is 1. The second-order valence-electron chi connectivity index (χ2n) is 7.71. The fourth-order valence-corrected chi connectivity index (χ4v) is 5.03. The summed E-state index contributed by atoms with van der Waals surface area (Å²) in [4.78, 5) is 25.6. The predicted octanol–water partition coefficient (Wildman–Crippen LogP) is 4.44. The Labute approximate surface area is 201 Å². The van der Waals surface area contributed by atoms with E-state index in [-0.39, 0.29) is 16.8 Å². The fraction of sp³-hybridized carbons (Fsp3) is 0.120. The number of nitrogens with one attached hydrogen (secondary N) is 1. The molecule has 1 heterocycles. The third-order valence-corrected chi connectivity index (χ3v) is 7.33. The van der Waals surface area contributed by atoms with E-state index in [1.807, 2.05) is 6.92 Å². The van der Waals surface area contributed by atoms with Crippen LogP contribution in [-0.2, 0) is 21.2 Å². The van der Waals surface area contributed by atoms with Gasteiger partial charge in [-0.05, 0) is 61.5 Å². The minimum absolute atomic E-state index is 0.00499. The summed E-state index contributed by atoms with van der Waals surface area (Å²) in [5.41, 5.74) is 1.16. The molecule has 0 saturated heterocycles. The van der Waals surface area contributed by atoms with E-state index < -0.39 is 26.1 Å². The van der Waals surface area contributed by atoms with Crippen molar-refractivity contribution in [1.82, 2.24) is 4.57 Å². The third-order valence-electron chi connectivity index (χ3n) is 5.32. The van der Waals surface area contributed by atoms with Crippen molar-refractivity contribution in [2.45, 2.75) is 23.3 Å². The number of benzene rings is 3. The van der Waals surface area contributed by atoms with Crippen molar-refractivity contribution in [2.24, 2.45) is 0 Å². The molecular weight excluding hydrogens is 476 g/mol. The molecule has 0 bridgehead atoms. The maximum absolute atomic E-state index is 13.4. The lowest BCUT2D eigenvalue weighted by Gasteiger charge is -2.15. The lowest BCUT2D eigenvalue weighted by Crippen LogP contribution is -2.24. The molecule has 0 spiro atoms. The van der Waals surface area contributed by atoms with Crippen LogP contribution in [0.15, 0.2) is 87.5 Å². The maximum atomic E-state index is 13.4. The van der Waals surface area contributed by atoms with E-state index in [2.05, 4.69) is 5.32 Å². The monoisotopic (exact) mass is 496 g/mol. The normalized spacial score (nSPS) is 11.4. The molecule has 0 unspecified atom stereocenters. The average Bonchev–Trinajstić information content (AvgIpc) is 2.82. The van der Waals surface area contributed by atoms with Gasteiger partial charge in [-0.1, -0.05) is 29.3 Å². The molecular formula is C25H21ClN2O5S. The van der Waals surface area contributed by atoms with E-state index in [4.69, 9.17) is 16.3 Å². The van der Waals surface area contributed by atoms with E-state index in [0.717, 1.165) is 5.56 Å². The first-order valence-corrected chi connectivity index (χ1v) is 12.1. The Balaban J connectivity index is 1.83. The summed E-state index contributed by atoms with van der Waals surface area (Å²) in [5.74, 6) is -0.00609. The first-order chi connectivity index (χ1) is 16.2. The molecule has 3 aromatic carbocycles. The predicted molar refractivity (Wildman–Crippen MR) is 131 cm³/mol. The quantitative estimate of drug-likeness (QED) is 0.426. The minimum Gasteiger partial charge on any atom is -0.497 e. The zero-order valence-electron chi connectivity index (χ0n) is 18.4. The number of nitrogens with zero attached hydrogens (tertiary/aromatic N) is 1. The molecule has 34 heavy (non-hydrogen) atoms. The number of pyridine rings is 1. The number of amides is 1. The number of anilines is 1. The van der Waals surface area contributed by atoms with Gasteiger partial charge in [0.05, 0.1) is 22.9 Å². The summed E-state index contributed by atoms with van der Waals surface area (Å²) in [7, 11) is -2.69. The molecule has 0 aliphatic rings. The van der Waals surface area contributed by atoms with Crippen molar-refractivity contribution in [1.29, 1.82) is 0 Å². The minimum atomic E-state index is -4.14. The van der Waals surface area contributed by atoms with Crippen molar-refractivity contribution in [3.8, 4) is 5.75 Å². The van der Waals surface area contributed by atoms with E-state index in [0.29, 0.717) is 22.0 Å². The van der Waals surface area contributed by atoms with Crippen LogP contribution in [0.4, 0.5) is 5.69 Å². The van der Waals surface area contributed by atoms with Gasteiger partial charge in [0.1, 0.15) is 17.2 Å². The van der Waals surface area contributed by atoms with Gasteiger partial charge in [-0.3, -0.25) is 9.59 Å². The Bertz CT molecular complexity index is 1540. The number of hydrogen-bond donors (Lipinski definition) is 1. The molecule has 4 aromatic rings. The van der Waals surface area contributed by atoms with Crippen LogP contribution in [-0.4, -0.2) is 26.0 Å². The Morgan fingerprint density at radius 2 is 1.71 bits per heavy atom. The number of aryl methyl sites for hydroxylation is 1. The highest BCUT2D eigenvalue weighted by Gasteiger charge is 2.24. The van der Waals surface area contributed by atoms with Crippen LogP contribution in [0.2, 0.25) is 5.02 Å². The number of aromatic nitrogens is 1. The highest BCUT2D eigenvalue weighted by atomic mass is 35.5. The molecule has 0 radical (unpaired) electrons. The zero-order valence-corrected chi connectivity index (χ0v) is 20.0. The largest absolute Gasteiger partial charge is 0.497 e. The first-order valence-electron chi connectivity index (χ1n) is 10.3. The lowest BCUT2D eigenvalue weighted by molar-refractivity contribution is -0.116. The Morgan fingerprint density at radius 3 is 2.35 bits per heavy atom. The summed E-state index contributed by atoms with van der Waals surface area (Å²) in [5, 5.41) is 3.41. The van der Waals surface area contributed by atoms with Crippen molar-refractivity contribution in [3.63, 3.8) is 0 Å². The highest BCUT2D eigenvalue weighted by Crippen LogP contribution is 2.24. The highest BCUT2D eigenvalue weighted by molar-refractivity contribution is 7.91. The summed E-state index contributed by atoms with van der Waals surface area (Å²) in [6.45, 7) is 1.62. The summed E-state index contributed by atoms with van der Waals surface area (Å²) >= 11 is 5.89. The third kappa shape index (κ3) is 4.69. The number of sulfone groups is 1. The summed E-state index contributed by atoms with van der Waals surface area (Å²) in [6, 6.07) is 17.6. The molecule has 0 aliphatic heterocycles. The molecule has 9 heteroatoms. The zero-order chi connectivity index (χ0) is 24.5. The van der Waals surface area contributed by atoms with Crippen LogP contribution in [0, 0.1) is 6.92 Å². The Morgan fingerprint density at radius 1 is 1.03 bits per heavy atom. The Hall–Kier alpha value is -3.62. The molecule has 4 rings (SSSR count). The average molecular weight is 497 g/mol. The summed E-state index contributed by atoms with van der Waals surface area (Å²) in [6.07, 6.45) is 1.22. The van der Waals surface area contributed by atoms with Crippen LogP contribution < -0.4 is 15.5 Å². The maximum Gasteiger partial charge on any atom is 0.244 e. The lowest BCUT2D eigenvalue weighted by atomic mass is 10.2. The number of hydrogen-bond acceptors (Lipinski definition) is 5. The van der Waals surface area contributed by atoms with Crippen LogP contribution in [0.1, 0.15) is 5.56 Å². The van der Waals surface area contributed by atoms with Crippen LogP contribution in [0.5, 0.6) is 5.75 Å². The number of ether oxygens (including phenoxy) is 1. The Kier molecular flexibility index (Phi) is 6.45. The molecule has 1 amide bonds. The number of halogens is 1. The number of methoxy groups -OCH3 is 1. The van der Waals surface area contributed by atoms with Crippen LogP contribution >= 0.6 is 11.6 Å². The van der Waals surface area contributed by atoms with Crippen molar-refractivity contribution in [3.05, 3.63) is 93.7 Å². The number of rotatable bonds is 6. The van der Waals surface area contributed by atoms with E-state index in [1.165, 1.54) is 36.1 Å².